The molecule has 1 atom stereocenters. The molecule has 1 unspecified atom stereocenters. The van der Waals surface area contributed by atoms with Gasteiger partial charge in [0.15, 0.2) is 5.54 Å². The smallest absolute Gasteiger partial charge is 0.352 e. The summed E-state index contributed by atoms with van der Waals surface area (Å²) in [7, 11) is 2.37. The van der Waals surface area contributed by atoms with Crippen molar-refractivity contribution in [3.8, 4) is 0 Å². The Bertz CT molecular complexity index is 1280. The standard InChI is InChI=1S/C28H26N2O6/c1-34-25(32)28(26(33)35-2)18-17-27(30(36-28)21-13-7-4-8-14-21)22-15-9-10-16-23(22)29(24(27)31)19-20-11-5-3-6-12-20/h3-16H,17-19H2,1-2H3. The van der Waals surface area contributed by atoms with Gasteiger partial charge in [-0.15, -0.1) is 0 Å². The number of carbonyl (C=O) groups excluding carboxylic acids is 3. The summed E-state index contributed by atoms with van der Waals surface area (Å²) in [6, 6.07) is 26.2. The topological polar surface area (TPSA) is 85.4 Å². The highest BCUT2D eigenvalue weighted by atomic mass is 16.7. The number of para-hydroxylation sites is 2. The molecule has 0 radical (unpaired) electrons. The highest BCUT2D eigenvalue weighted by Gasteiger charge is 2.65. The number of esters is 2. The van der Waals surface area contributed by atoms with Crippen molar-refractivity contribution >= 4 is 29.2 Å². The van der Waals surface area contributed by atoms with Gasteiger partial charge < -0.3 is 14.4 Å². The highest BCUT2D eigenvalue weighted by molar-refractivity contribution is 6.11. The lowest BCUT2D eigenvalue weighted by molar-refractivity contribution is -0.204. The molecule has 0 aliphatic carbocycles. The van der Waals surface area contributed by atoms with Gasteiger partial charge in [0.25, 0.3) is 11.5 Å². The van der Waals surface area contributed by atoms with Gasteiger partial charge in [0.1, 0.15) is 0 Å². The molecule has 0 saturated carbocycles. The number of rotatable bonds is 5. The fraction of sp³-hybridized carbons (Fsp3) is 0.250. The second-order valence-corrected chi connectivity index (χ2v) is 8.79. The Labute approximate surface area is 208 Å². The lowest BCUT2D eigenvalue weighted by Gasteiger charge is -2.48. The van der Waals surface area contributed by atoms with Crippen molar-refractivity contribution in [1.29, 1.82) is 0 Å². The molecule has 3 aromatic rings. The Morgan fingerprint density at radius 1 is 0.833 bits per heavy atom. The maximum absolute atomic E-state index is 14.4. The second kappa shape index (κ2) is 9.13. The van der Waals surface area contributed by atoms with Gasteiger partial charge in [0.05, 0.1) is 32.1 Å². The van der Waals surface area contributed by atoms with Crippen LogP contribution in [-0.2, 0) is 40.8 Å². The lowest BCUT2D eigenvalue weighted by atomic mass is 9.80. The Hall–Kier alpha value is -4.17. The minimum Gasteiger partial charge on any atom is -0.466 e. The molecular formula is C28H26N2O6. The summed E-state index contributed by atoms with van der Waals surface area (Å²) in [5, 5.41) is 1.40. The molecule has 0 N–H and O–H groups in total. The van der Waals surface area contributed by atoms with E-state index >= 15 is 0 Å². The fourth-order valence-electron chi connectivity index (χ4n) is 5.13. The van der Waals surface area contributed by atoms with Crippen molar-refractivity contribution in [3.05, 3.63) is 96.1 Å². The number of hydrogen-bond acceptors (Lipinski definition) is 7. The van der Waals surface area contributed by atoms with E-state index in [0.29, 0.717) is 12.2 Å². The zero-order chi connectivity index (χ0) is 25.3. The Kier molecular flexibility index (Phi) is 5.97. The summed E-state index contributed by atoms with van der Waals surface area (Å²) in [6.07, 6.45) is 0.0160. The van der Waals surface area contributed by atoms with E-state index in [-0.39, 0.29) is 18.7 Å². The first kappa shape index (κ1) is 23.6. The van der Waals surface area contributed by atoms with Crippen molar-refractivity contribution in [1.82, 2.24) is 0 Å². The molecule has 184 valence electrons. The first-order valence-electron chi connectivity index (χ1n) is 11.6. The number of ether oxygens (including phenoxy) is 2. The van der Waals surface area contributed by atoms with Crippen LogP contribution in [0.3, 0.4) is 0 Å². The third-order valence-corrected chi connectivity index (χ3v) is 6.88. The van der Waals surface area contributed by atoms with Crippen LogP contribution < -0.4 is 9.96 Å². The average molecular weight is 487 g/mol. The highest BCUT2D eigenvalue weighted by Crippen LogP contribution is 2.53. The van der Waals surface area contributed by atoms with E-state index in [9.17, 15) is 14.4 Å². The Balaban J connectivity index is 1.67. The van der Waals surface area contributed by atoms with Gasteiger partial charge >= 0.3 is 11.9 Å². The van der Waals surface area contributed by atoms with Crippen LogP contribution in [0.1, 0.15) is 24.0 Å². The maximum atomic E-state index is 14.4. The molecule has 8 heteroatoms. The second-order valence-electron chi connectivity index (χ2n) is 8.79. The van der Waals surface area contributed by atoms with Gasteiger partial charge in [-0.3, -0.25) is 4.79 Å². The summed E-state index contributed by atoms with van der Waals surface area (Å²) in [5.74, 6) is -1.98. The number of hydrogen-bond donors (Lipinski definition) is 0. The predicted molar refractivity (Wildman–Crippen MR) is 132 cm³/mol. The third kappa shape index (κ3) is 3.45. The molecule has 36 heavy (non-hydrogen) atoms. The maximum Gasteiger partial charge on any atom is 0.352 e. The van der Waals surface area contributed by atoms with Crippen molar-refractivity contribution in [2.75, 3.05) is 24.2 Å². The molecule has 1 saturated heterocycles. The number of benzene rings is 3. The zero-order valence-corrected chi connectivity index (χ0v) is 20.0. The van der Waals surface area contributed by atoms with Crippen LogP contribution in [-0.4, -0.2) is 37.7 Å². The zero-order valence-electron chi connectivity index (χ0n) is 20.0. The number of nitrogens with zero attached hydrogens (tertiary/aromatic N) is 2. The number of carbonyl (C=O) groups is 3. The molecule has 2 aliphatic rings. The minimum absolute atomic E-state index is 0.102. The SMILES string of the molecule is COC(=O)C1(C(=O)OC)CCC2(C(=O)N(Cc3ccccc3)c3ccccc32)N(c2ccccc2)O1. The summed E-state index contributed by atoms with van der Waals surface area (Å²) in [4.78, 5) is 48.2. The summed E-state index contributed by atoms with van der Waals surface area (Å²) in [6.45, 7) is 0.361. The lowest BCUT2D eigenvalue weighted by Crippen LogP contribution is -2.66. The fourth-order valence-corrected chi connectivity index (χ4v) is 5.13. The van der Waals surface area contributed by atoms with E-state index < -0.39 is 23.1 Å². The third-order valence-electron chi connectivity index (χ3n) is 6.88. The summed E-state index contributed by atoms with van der Waals surface area (Å²) < 4.78 is 9.92. The molecule has 2 heterocycles. The van der Waals surface area contributed by atoms with Gasteiger partial charge in [-0.05, 0) is 30.2 Å². The largest absolute Gasteiger partial charge is 0.466 e. The van der Waals surface area contributed by atoms with Gasteiger partial charge in [-0.25, -0.2) is 19.5 Å². The molecule has 2 aliphatic heterocycles. The van der Waals surface area contributed by atoms with Crippen LogP contribution in [0.2, 0.25) is 0 Å². The molecule has 8 nitrogen and oxygen atoms in total. The van der Waals surface area contributed by atoms with Crippen LogP contribution in [0, 0.1) is 0 Å². The normalized spacial score (nSPS) is 20.2. The predicted octanol–water partition coefficient (Wildman–Crippen LogP) is 3.75. The average Bonchev–Trinajstić information content (AvgIpc) is 3.17. The summed E-state index contributed by atoms with van der Waals surface area (Å²) >= 11 is 0. The molecule has 1 fully saturated rings. The first-order valence-corrected chi connectivity index (χ1v) is 11.6. The van der Waals surface area contributed by atoms with E-state index in [1.807, 2.05) is 60.7 Å². The number of amides is 1. The van der Waals surface area contributed by atoms with Crippen LogP contribution in [0.25, 0.3) is 0 Å². The number of fused-ring (bicyclic) bond motifs is 2. The van der Waals surface area contributed by atoms with Crippen molar-refractivity contribution < 1.29 is 28.7 Å². The number of hydroxylamine groups is 1. The van der Waals surface area contributed by atoms with E-state index in [2.05, 4.69) is 0 Å². The number of methoxy groups -OCH3 is 2. The molecule has 1 spiro atoms. The molecule has 0 aromatic heterocycles. The quantitative estimate of drug-likeness (QED) is 0.401. The van der Waals surface area contributed by atoms with E-state index in [1.165, 1.54) is 19.3 Å². The van der Waals surface area contributed by atoms with Crippen LogP contribution in [0.4, 0.5) is 11.4 Å². The van der Waals surface area contributed by atoms with E-state index in [0.717, 1.165) is 16.8 Å². The first-order chi connectivity index (χ1) is 17.5. The number of anilines is 2. The minimum atomic E-state index is -2.05. The van der Waals surface area contributed by atoms with Crippen molar-refractivity contribution in [2.45, 2.75) is 30.5 Å². The van der Waals surface area contributed by atoms with Crippen LogP contribution in [0.5, 0.6) is 0 Å². The molecule has 3 aromatic carbocycles. The van der Waals surface area contributed by atoms with Crippen LogP contribution >= 0.6 is 0 Å². The van der Waals surface area contributed by atoms with E-state index in [1.54, 1.807) is 29.2 Å². The Morgan fingerprint density at radius 2 is 1.42 bits per heavy atom. The summed E-state index contributed by atoms with van der Waals surface area (Å²) in [5.41, 5.74) is -0.388. The molecule has 0 bridgehead atoms. The van der Waals surface area contributed by atoms with Gasteiger partial charge in [-0.2, -0.15) is 0 Å². The van der Waals surface area contributed by atoms with Crippen molar-refractivity contribution in [3.63, 3.8) is 0 Å². The monoisotopic (exact) mass is 486 g/mol. The van der Waals surface area contributed by atoms with Gasteiger partial charge in [0.2, 0.25) is 0 Å². The molecule has 5 rings (SSSR count). The molecular weight excluding hydrogens is 460 g/mol. The van der Waals surface area contributed by atoms with Crippen LogP contribution in [0.15, 0.2) is 84.9 Å². The molecule has 1 amide bonds. The van der Waals surface area contributed by atoms with Gasteiger partial charge in [-0.1, -0.05) is 66.7 Å². The van der Waals surface area contributed by atoms with Crippen molar-refractivity contribution in [2.24, 2.45) is 0 Å². The van der Waals surface area contributed by atoms with Gasteiger partial charge in [0, 0.05) is 12.0 Å². The Morgan fingerprint density at radius 3 is 2.06 bits per heavy atom. The van der Waals surface area contributed by atoms with E-state index in [4.69, 9.17) is 14.3 Å².